The molecule has 1 nitrogen and oxygen atoms in total. The zero-order valence-corrected chi connectivity index (χ0v) is 5.20. The second-order valence-electron chi connectivity index (χ2n) is 0.204. The van der Waals surface area contributed by atoms with Gasteiger partial charge in [-0.15, -0.1) is 0 Å². The second kappa shape index (κ2) is 22.8. The molecule has 0 saturated carbocycles. The normalized spacial score (nSPS) is 2.40. The quantitative estimate of drug-likeness (QED) is 0.392. The zero-order chi connectivity index (χ0) is 2.71. The summed E-state index contributed by atoms with van der Waals surface area (Å²) in [4.78, 5) is 0. The maximum absolute atomic E-state index is 4.49. The minimum Gasteiger partial charge on any atom is -0.580 e. The van der Waals surface area contributed by atoms with E-state index < -0.39 is 0 Å². The molecule has 0 aliphatic rings. The van der Waals surface area contributed by atoms with Gasteiger partial charge in [0.15, 0.2) is 0 Å². The Morgan fingerprint density at radius 3 is 1.60 bits per heavy atom. The molecule has 5 heavy (non-hydrogen) atoms. The van der Waals surface area contributed by atoms with Crippen molar-refractivity contribution in [3.63, 3.8) is 0 Å². The molecule has 0 aromatic heterocycles. The van der Waals surface area contributed by atoms with Crippen LogP contribution in [0.25, 0.3) is 0 Å². The molecule has 0 aromatic carbocycles. The smallest absolute Gasteiger partial charge is 0 e. The number of nitrogens with two attached hydrogens (primary N) is 1. The fraction of sp³-hybridized carbons (Fsp3) is 0.333. The molecule has 0 rings (SSSR count). The first-order chi connectivity index (χ1) is 1.41. The molecule has 0 aliphatic heterocycles. The van der Waals surface area contributed by atoms with Gasteiger partial charge in [-0.3, -0.25) is 6.58 Å². The Bertz CT molecular complexity index is 14.4. The van der Waals surface area contributed by atoms with Gasteiger partial charge in [-0.25, -0.2) is 0 Å². The molecule has 0 aromatic rings. The minimum atomic E-state index is 0. The Morgan fingerprint density at radius 1 is 1.60 bits per heavy atom. The summed E-state index contributed by atoms with van der Waals surface area (Å²) in [6.45, 7) is 3.01. The van der Waals surface area contributed by atoms with E-state index in [-0.39, 0.29) is 40.1 Å². The maximum atomic E-state index is 4.49. The zero-order valence-electron chi connectivity index (χ0n) is 2.36. The van der Waals surface area contributed by atoms with Crippen molar-refractivity contribution in [1.82, 2.24) is 0 Å². The Balaban J connectivity index is -0.0000000200. The van der Waals surface area contributed by atoms with Crippen molar-refractivity contribution in [1.29, 1.82) is 0 Å². The minimum absolute atomic E-state index is 0. The van der Waals surface area contributed by atoms with Crippen LogP contribution in [0.4, 0.5) is 0 Å². The Kier molecular flexibility index (Phi) is 79.5. The van der Waals surface area contributed by atoms with Gasteiger partial charge in [-0.1, -0.05) is 7.43 Å². The van der Waals surface area contributed by atoms with Gasteiger partial charge in [0.05, 0.1) is 0 Å². The van der Waals surface area contributed by atoms with E-state index in [0.717, 1.165) is 0 Å². The number of rotatable bonds is 0. The van der Waals surface area contributed by atoms with Gasteiger partial charge in [0.25, 0.3) is 0 Å². The van der Waals surface area contributed by atoms with Gasteiger partial charge in [0, 0.05) is 32.7 Å². The van der Waals surface area contributed by atoms with Crippen molar-refractivity contribution in [2.24, 2.45) is 5.73 Å². The molecule has 0 amide bonds. The third-order valence-corrected chi connectivity index (χ3v) is 0. The second-order valence-corrected chi connectivity index (χ2v) is 0.204. The fourth-order valence-electron chi connectivity index (χ4n) is 0. The largest absolute Gasteiger partial charge is 0.580 e. The SMILES string of the molecule is C.C=[C-]N.[Y]. The Morgan fingerprint density at radius 2 is 1.60 bits per heavy atom. The van der Waals surface area contributed by atoms with Crippen LogP contribution in [0.3, 0.4) is 0 Å². The predicted octanol–water partition coefficient (Wildman–Crippen LogP) is 0.525. The van der Waals surface area contributed by atoms with E-state index in [1.807, 2.05) is 6.20 Å². The van der Waals surface area contributed by atoms with Crippen LogP contribution in [0.5, 0.6) is 0 Å². The molecule has 0 atom stereocenters. The van der Waals surface area contributed by atoms with Gasteiger partial charge in [0.2, 0.25) is 0 Å². The average Bonchev–Trinajstić information content (AvgIpc) is 0.918. The molecule has 0 saturated heterocycles. The van der Waals surface area contributed by atoms with Crippen molar-refractivity contribution in [3.8, 4) is 0 Å². The molecule has 0 heterocycles. The topological polar surface area (TPSA) is 26.0 Å². The Hall–Kier alpha value is 0.644. The summed E-state index contributed by atoms with van der Waals surface area (Å²) in [6, 6.07) is 0. The van der Waals surface area contributed by atoms with Crippen LogP contribution in [0.2, 0.25) is 0 Å². The first-order valence-electron chi connectivity index (χ1n) is 0.642. The van der Waals surface area contributed by atoms with E-state index in [2.05, 4.69) is 12.3 Å². The summed E-state index contributed by atoms with van der Waals surface area (Å²) < 4.78 is 0. The molecule has 0 fully saturated rings. The molecule has 29 valence electrons. The molecule has 0 unspecified atom stereocenters. The van der Waals surface area contributed by atoms with Gasteiger partial charge < -0.3 is 11.9 Å². The van der Waals surface area contributed by atoms with E-state index >= 15 is 0 Å². The molecular formula is C3H8NY-. The van der Waals surface area contributed by atoms with Crippen LogP contribution in [-0.4, -0.2) is 0 Å². The molecular weight excluding hydrogens is 139 g/mol. The molecule has 2 N–H and O–H groups in total. The summed E-state index contributed by atoms with van der Waals surface area (Å²) in [7, 11) is 0. The number of hydrogen-bond donors (Lipinski definition) is 1. The van der Waals surface area contributed by atoms with Crippen molar-refractivity contribution in [2.75, 3.05) is 0 Å². The standard InChI is InChI=1S/C2H4N.CH4.Y/c1-2-3;;/h1,3H2;1H4;/q-1;;. The van der Waals surface area contributed by atoms with Crippen molar-refractivity contribution < 1.29 is 32.7 Å². The van der Waals surface area contributed by atoms with E-state index in [1.165, 1.54) is 0 Å². The molecule has 0 spiro atoms. The fourth-order valence-corrected chi connectivity index (χ4v) is 0. The number of hydrogen-bond acceptors (Lipinski definition) is 1. The van der Waals surface area contributed by atoms with Crippen molar-refractivity contribution in [2.45, 2.75) is 7.43 Å². The van der Waals surface area contributed by atoms with Gasteiger partial charge >= 0.3 is 0 Å². The van der Waals surface area contributed by atoms with E-state index in [9.17, 15) is 0 Å². The van der Waals surface area contributed by atoms with Crippen molar-refractivity contribution in [3.05, 3.63) is 12.8 Å². The first kappa shape index (κ1) is 17.4. The molecule has 0 bridgehead atoms. The summed E-state index contributed by atoms with van der Waals surface area (Å²) in [6.07, 6.45) is 2.00. The van der Waals surface area contributed by atoms with Gasteiger partial charge in [0.1, 0.15) is 0 Å². The van der Waals surface area contributed by atoms with Crippen LogP contribution >= 0.6 is 0 Å². The van der Waals surface area contributed by atoms with Gasteiger partial charge in [-0.05, 0) is 0 Å². The maximum Gasteiger partial charge on any atom is 0 e. The van der Waals surface area contributed by atoms with Crippen LogP contribution in [-0.2, 0) is 32.7 Å². The summed E-state index contributed by atoms with van der Waals surface area (Å²) in [5, 5.41) is 0. The summed E-state index contributed by atoms with van der Waals surface area (Å²) >= 11 is 0. The molecule has 0 aliphatic carbocycles. The molecule has 1 radical (unpaired) electrons. The van der Waals surface area contributed by atoms with Crippen LogP contribution in [0, 0.1) is 6.20 Å². The average molecular weight is 147 g/mol. The summed E-state index contributed by atoms with van der Waals surface area (Å²) in [5.41, 5.74) is 4.49. The first-order valence-corrected chi connectivity index (χ1v) is 0.642. The van der Waals surface area contributed by atoms with Crippen molar-refractivity contribution >= 4 is 0 Å². The third-order valence-electron chi connectivity index (χ3n) is 0. The monoisotopic (exact) mass is 147 g/mol. The van der Waals surface area contributed by atoms with Crippen LogP contribution < -0.4 is 5.73 Å². The Labute approximate surface area is 58.5 Å². The van der Waals surface area contributed by atoms with Gasteiger partial charge in [-0.2, -0.15) is 0 Å². The van der Waals surface area contributed by atoms with E-state index in [1.54, 1.807) is 0 Å². The van der Waals surface area contributed by atoms with Crippen LogP contribution in [0.1, 0.15) is 7.43 Å². The predicted molar refractivity (Wildman–Crippen MR) is 19.8 cm³/mol. The van der Waals surface area contributed by atoms with Crippen LogP contribution in [0.15, 0.2) is 6.58 Å². The molecule has 2 heteroatoms. The van der Waals surface area contributed by atoms with E-state index in [0.29, 0.717) is 0 Å². The van der Waals surface area contributed by atoms with E-state index in [4.69, 9.17) is 0 Å². The third kappa shape index (κ3) is 78.3. The summed E-state index contributed by atoms with van der Waals surface area (Å²) in [5.74, 6) is 0.